The third kappa shape index (κ3) is 6.06. The van der Waals surface area contributed by atoms with Gasteiger partial charge in [0.1, 0.15) is 17.5 Å². The Morgan fingerprint density at radius 2 is 1.91 bits per heavy atom. The Balaban J connectivity index is 1.97. The van der Waals surface area contributed by atoms with Crippen LogP contribution in [0.3, 0.4) is 0 Å². The van der Waals surface area contributed by atoms with Crippen molar-refractivity contribution in [2.75, 3.05) is 11.9 Å². The van der Waals surface area contributed by atoms with Crippen molar-refractivity contribution >= 4 is 28.5 Å². The van der Waals surface area contributed by atoms with Gasteiger partial charge in [-0.25, -0.2) is 4.79 Å². The monoisotopic (exact) mass is 454 g/mol. The van der Waals surface area contributed by atoms with E-state index < -0.39 is 22.4 Å². The Kier molecular flexibility index (Phi) is 7.27. The highest BCUT2D eigenvalue weighted by molar-refractivity contribution is 6.00. The van der Waals surface area contributed by atoms with E-state index >= 15 is 0 Å². The third-order valence-electron chi connectivity index (χ3n) is 4.35. The minimum Gasteiger partial charge on any atom is -0.483 e. The molecule has 2 aromatic heterocycles. The average molecular weight is 454 g/mol. The van der Waals surface area contributed by atoms with Gasteiger partial charge in [0.05, 0.1) is 17.8 Å². The van der Waals surface area contributed by atoms with Crippen LogP contribution in [-0.4, -0.2) is 33.2 Å². The fraction of sp³-hybridized carbons (Fsp3) is 0.348. The maximum absolute atomic E-state index is 12.2. The van der Waals surface area contributed by atoms with Gasteiger partial charge in [0.15, 0.2) is 5.75 Å². The van der Waals surface area contributed by atoms with Crippen LogP contribution >= 0.6 is 0 Å². The van der Waals surface area contributed by atoms with Crippen molar-refractivity contribution in [3.05, 3.63) is 52.8 Å². The molecule has 0 aliphatic heterocycles. The van der Waals surface area contributed by atoms with E-state index in [0.29, 0.717) is 28.9 Å². The number of hydrogen-bond donors (Lipinski definition) is 1. The van der Waals surface area contributed by atoms with Crippen LogP contribution < -0.4 is 14.8 Å². The zero-order valence-corrected chi connectivity index (χ0v) is 19.0. The number of benzene rings is 1. The smallest absolute Gasteiger partial charge is 0.412 e. The molecule has 0 fully saturated rings. The molecular weight excluding hydrogens is 428 g/mol. The first-order valence-corrected chi connectivity index (χ1v) is 10.5. The average Bonchev–Trinajstić information content (AvgIpc) is 2.75. The summed E-state index contributed by atoms with van der Waals surface area (Å²) in [7, 11) is 0. The number of pyridine rings is 2. The van der Waals surface area contributed by atoms with Gasteiger partial charge < -0.3 is 24.3 Å². The van der Waals surface area contributed by atoms with E-state index in [1.807, 2.05) is 6.92 Å². The van der Waals surface area contributed by atoms with Gasteiger partial charge in [-0.05, 0) is 61.4 Å². The number of unbranched alkanes of at least 4 members (excludes halogenated alkanes) is 1. The summed E-state index contributed by atoms with van der Waals surface area (Å²) < 4.78 is 17.0. The van der Waals surface area contributed by atoms with E-state index in [-0.39, 0.29) is 11.5 Å². The number of hydrogen-bond acceptors (Lipinski definition) is 8. The summed E-state index contributed by atoms with van der Waals surface area (Å²) in [5.74, 6) is 0.0812. The molecule has 0 aliphatic carbocycles. The number of carbonyl (C=O) groups is 1. The van der Waals surface area contributed by atoms with Gasteiger partial charge in [-0.15, -0.1) is 0 Å². The molecule has 10 heteroatoms. The van der Waals surface area contributed by atoms with E-state index in [2.05, 4.69) is 15.3 Å². The molecule has 0 aliphatic rings. The molecule has 10 nitrogen and oxygen atoms in total. The fourth-order valence-corrected chi connectivity index (χ4v) is 2.95. The summed E-state index contributed by atoms with van der Waals surface area (Å²) in [6, 6.07) is 8.26. The first-order chi connectivity index (χ1) is 15.7. The molecule has 3 rings (SSSR count). The summed E-state index contributed by atoms with van der Waals surface area (Å²) >= 11 is 0. The van der Waals surface area contributed by atoms with Gasteiger partial charge in [-0.3, -0.25) is 10.3 Å². The lowest BCUT2D eigenvalue weighted by Crippen LogP contribution is -2.27. The van der Waals surface area contributed by atoms with Crippen LogP contribution in [0, 0.1) is 10.1 Å². The number of fused-ring (bicyclic) bond motifs is 1. The Bertz CT molecular complexity index is 1160. The molecule has 174 valence electrons. The molecule has 0 unspecified atom stereocenters. The maximum atomic E-state index is 12.2. The topological polar surface area (TPSA) is 126 Å². The van der Waals surface area contributed by atoms with E-state index in [1.54, 1.807) is 51.2 Å². The number of nitrogens with zero attached hydrogens (tertiary/aromatic N) is 3. The lowest BCUT2D eigenvalue weighted by atomic mass is 10.1. The van der Waals surface area contributed by atoms with Gasteiger partial charge in [-0.1, -0.05) is 13.3 Å². The second-order valence-electron chi connectivity index (χ2n) is 8.16. The minimum atomic E-state index is -0.652. The van der Waals surface area contributed by atoms with Crippen molar-refractivity contribution in [3.63, 3.8) is 0 Å². The molecule has 0 radical (unpaired) electrons. The Morgan fingerprint density at radius 3 is 2.61 bits per heavy atom. The summed E-state index contributed by atoms with van der Waals surface area (Å²) in [6.45, 7) is 7.60. The molecule has 3 aromatic rings. The van der Waals surface area contributed by atoms with Gasteiger partial charge in [0, 0.05) is 17.6 Å². The van der Waals surface area contributed by atoms with E-state index in [0.717, 1.165) is 12.8 Å². The first-order valence-electron chi connectivity index (χ1n) is 10.5. The molecule has 1 amide bonds. The molecule has 0 spiro atoms. The number of carbonyl (C=O) groups excluding carboxylic acids is 1. The van der Waals surface area contributed by atoms with Crippen LogP contribution in [0.1, 0.15) is 40.5 Å². The van der Waals surface area contributed by atoms with Crippen LogP contribution in [0.4, 0.5) is 16.3 Å². The van der Waals surface area contributed by atoms with Crippen molar-refractivity contribution in [1.29, 1.82) is 0 Å². The minimum absolute atomic E-state index is 0.0380. The predicted molar refractivity (Wildman–Crippen MR) is 123 cm³/mol. The van der Waals surface area contributed by atoms with Crippen molar-refractivity contribution in [1.82, 2.24) is 9.97 Å². The van der Waals surface area contributed by atoms with Gasteiger partial charge in [-0.2, -0.15) is 0 Å². The molecule has 0 saturated heterocycles. The van der Waals surface area contributed by atoms with E-state index in [4.69, 9.17) is 14.2 Å². The molecule has 2 heterocycles. The predicted octanol–water partition coefficient (Wildman–Crippen LogP) is 5.86. The van der Waals surface area contributed by atoms with Crippen LogP contribution in [0.15, 0.2) is 42.7 Å². The van der Waals surface area contributed by atoms with Crippen LogP contribution in [0.5, 0.6) is 17.2 Å². The Labute approximate surface area is 191 Å². The molecule has 0 saturated carbocycles. The number of anilines is 1. The van der Waals surface area contributed by atoms with Crippen molar-refractivity contribution in [2.24, 2.45) is 0 Å². The number of nitrogens with one attached hydrogen (secondary N) is 1. The van der Waals surface area contributed by atoms with Crippen LogP contribution in [0.2, 0.25) is 0 Å². The highest BCUT2D eigenvalue weighted by atomic mass is 16.6. The lowest BCUT2D eigenvalue weighted by Gasteiger charge is -2.20. The van der Waals surface area contributed by atoms with Gasteiger partial charge in [0.25, 0.3) is 5.75 Å². The fourth-order valence-electron chi connectivity index (χ4n) is 2.95. The first kappa shape index (κ1) is 23.7. The molecule has 1 N–H and O–H groups in total. The third-order valence-corrected chi connectivity index (χ3v) is 4.35. The quantitative estimate of drug-likeness (QED) is 0.255. The SMILES string of the molecule is CCCCOc1c(Oc2ccc(NC(=O)OC(C)(C)C)c3ncccc23)ccnc1[N+](=O)[O-]. The maximum Gasteiger partial charge on any atom is 0.412 e. The summed E-state index contributed by atoms with van der Waals surface area (Å²) in [4.78, 5) is 31.3. The van der Waals surface area contributed by atoms with Crippen LogP contribution in [0.25, 0.3) is 10.9 Å². The Hall–Kier alpha value is -3.95. The molecule has 0 atom stereocenters. The zero-order chi connectivity index (χ0) is 24.0. The largest absolute Gasteiger partial charge is 0.483 e. The van der Waals surface area contributed by atoms with Crippen molar-refractivity contribution in [2.45, 2.75) is 46.1 Å². The number of rotatable bonds is 8. The van der Waals surface area contributed by atoms with Crippen molar-refractivity contribution in [3.8, 4) is 17.2 Å². The number of ether oxygens (including phenoxy) is 3. The van der Waals surface area contributed by atoms with Crippen molar-refractivity contribution < 1.29 is 23.9 Å². The molecule has 33 heavy (non-hydrogen) atoms. The normalized spacial score (nSPS) is 11.2. The summed E-state index contributed by atoms with van der Waals surface area (Å²) in [5.41, 5.74) is 0.255. The van der Waals surface area contributed by atoms with E-state index in [1.165, 1.54) is 12.3 Å². The summed E-state index contributed by atoms with van der Waals surface area (Å²) in [6.07, 6.45) is 3.86. The van der Waals surface area contributed by atoms with Gasteiger partial charge in [0.2, 0.25) is 0 Å². The second kappa shape index (κ2) is 10.1. The lowest BCUT2D eigenvalue weighted by molar-refractivity contribution is -0.390. The van der Waals surface area contributed by atoms with Gasteiger partial charge >= 0.3 is 11.9 Å². The number of nitro groups is 1. The Morgan fingerprint density at radius 1 is 1.12 bits per heavy atom. The highest BCUT2D eigenvalue weighted by Crippen LogP contribution is 2.40. The highest BCUT2D eigenvalue weighted by Gasteiger charge is 2.24. The molecular formula is C23H26N4O6. The molecule has 0 bridgehead atoms. The van der Waals surface area contributed by atoms with E-state index in [9.17, 15) is 14.9 Å². The number of amides is 1. The zero-order valence-electron chi connectivity index (χ0n) is 19.0. The van der Waals surface area contributed by atoms with Crippen LogP contribution in [-0.2, 0) is 4.74 Å². The second-order valence-corrected chi connectivity index (χ2v) is 8.16. The molecule has 1 aromatic carbocycles. The number of aromatic nitrogens is 2. The standard InChI is InChI=1S/C23H26N4O6/c1-5-6-14-31-20-18(11-13-25-21(20)27(29)30)32-17-10-9-16(19-15(17)8-7-12-24-19)26-22(28)33-23(2,3)4/h7-13H,5-6,14H2,1-4H3,(H,26,28). The summed E-state index contributed by atoms with van der Waals surface area (Å²) in [5, 5.41) is 14.8.